The van der Waals surface area contributed by atoms with Crippen molar-refractivity contribution in [3.8, 4) is 0 Å². The van der Waals surface area contributed by atoms with Gasteiger partial charge >= 0.3 is 6.18 Å². The molecule has 2 N–H and O–H groups in total. The van der Waals surface area contributed by atoms with E-state index < -0.39 is 24.5 Å². The number of anilines is 1. The average molecular weight is 499 g/mol. The molecule has 0 saturated heterocycles. The van der Waals surface area contributed by atoms with Crippen LogP contribution < -0.4 is 10.6 Å². The van der Waals surface area contributed by atoms with E-state index in [1.165, 1.54) is 17.0 Å². The Morgan fingerprint density at radius 3 is 2.39 bits per heavy atom. The Morgan fingerprint density at radius 2 is 1.79 bits per heavy atom. The maximum Gasteiger partial charge on any atom is 0.405 e. The van der Waals surface area contributed by atoms with E-state index in [-0.39, 0.29) is 33.0 Å². The van der Waals surface area contributed by atoms with Crippen molar-refractivity contribution in [1.82, 2.24) is 14.9 Å². The Bertz CT molecular complexity index is 1260. The minimum Gasteiger partial charge on any atom is -0.343 e. The highest BCUT2D eigenvalue weighted by Crippen LogP contribution is 2.32. The lowest BCUT2D eigenvalue weighted by atomic mass is 10.1. The SMILES string of the molecule is O=C(NCC(F)(F)F)c1cc(Cl)c(C(=O)n2ccc3c(NC(=O)C4CC4)nccc32)c(Cl)c1. The fourth-order valence-electron chi connectivity index (χ4n) is 3.22. The molecule has 0 atom stereocenters. The van der Waals surface area contributed by atoms with E-state index in [0.29, 0.717) is 16.7 Å². The normalized spacial score (nSPS) is 13.7. The molecule has 1 aliphatic rings. The third-order valence-electron chi connectivity index (χ3n) is 4.99. The maximum absolute atomic E-state index is 13.2. The second-order valence-electron chi connectivity index (χ2n) is 7.46. The smallest absolute Gasteiger partial charge is 0.343 e. The van der Waals surface area contributed by atoms with Gasteiger partial charge in [-0.3, -0.25) is 19.0 Å². The molecule has 0 bridgehead atoms. The first kappa shape index (κ1) is 23.1. The number of aromatic nitrogens is 2. The molecule has 172 valence electrons. The van der Waals surface area contributed by atoms with E-state index in [1.54, 1.807) is 17.4 Å². The minimum atomic E-state index is -4.58. The Labute approximate surface area is 194 Å². The van der Waals surface area contributed by atoms with Gasteiger partial charge in [0, 0.05) is 29.3 Å². The highest BCUT2D eigenvalue weighted by molar-refractivity contribution is 6.40. The van der Waals surface area contributed by atoms with Gasteiger partial charge in [0.25, 0.3) is 11.8 Å². The summed E-state index contributed by atoms with van der Waals surface area (Å²) in [5.41, 5.74) is 0.0706. The van der Waals surface area contributed by atoms with Crippen LogP contribution in [0.3, 0.4) is 0 Å². The number of carbonyl (C=O) groups is 3. The molecule has 7 nitrogen and oxygen atoms in total. The van der Waals surface area contributed by atoms with Crippen LogP contribution in [-0.4, -0.2) is 40.0 Å². The largest absolute Gasteiger partial charge is 0.405 e. The molecule has 0 spiro atoms. The van der Waals surface area contributed by atoms with E-state index in [9.17, 15) is 27.6 Å². The van der Waals surface area contributed by atoms with Gasteiger partial charge in [0.2, 0.25) is 5.91 Å². The summed E-state index contributed by atoms with van der Waals surface area (Å²) < 4.78 is 38.3. The van der Waals surface area contributed by atoms with Crippen molar-refractivity contribution in [3.05, 3.63) is 57.8 Å². The Kier molecular flexibility index (Phi) is 6.06. The summed E-state index contributed by atoms with van der Waals surface area (Å²) >= 11 is 12.4. The van der Waals surface area contributed by atoms with Gasteiger partial charge in [-0.1, -0.05) is 23.2 Å². The van der Waals surface area contributed by atoms with Crippen LogP contribution in [0.4, 0.5) is 19.0 Å². The number of amides is 2. The van der Waals surface area contributed by atoms with Gasteiger partial charge in [-0.25, -0.2) is 4.98 Å². The summed E-state index contributed by atoms with van der Waals surface area (Å²) in [5, 5.41) is 4.58. The van der Waals surface area contributed by atoms with E-state index in [0.717, 1.165) is 25.0 Å². The maximum atomic E-state index is 13.2. The number of fused-ring (bicyclic) bond motifs is 1. The number of hydrogen-bond donors (Lipinski definition) is 2. The Morgan fingerprint density at radius 1 is 1.12 bits per heavy atom. The van der Waals surface area contributed by atoms with E-state index >= 15 is 0 Å². The molecule has 0 unspecified atom stereocenters. The first-order valence-electron chi connectivity index (χ1n) is 9.71. The van der Waals surface area contributed by atoms with E-state index in [2.05, 4.69) is 10.3 Å². The van der Waals surface area contributed by atoms with Gasteiger partial charge in [-0.2, -0.15) is 13.2 Å². The molecule has 33 heavy (non-hydrogen) atoms. The standard InChI is InChI=1S/C21H15Cl2F3N4O3/c22-13-7-11(18(31)28-9-21(24,25)26)8-14(23)16(13)20(33)30-6-4-12-15(30)3-5-27-17(12)29-19(32)10-1-2-10/h3-8,10H,1-2,9H2,(H,28,31)(H,27,29,32). The number of hydrogen-bond acceptors (Lipinski definition) is 4. The van der Waals surface area contributed by atoms with Crippen LogP contribution in [-0.2, 0) is 4.79 Å². The predicted molar refractivity (Wildman–Crippen MR) is 116 cm³/mol. The first-order chi connectivity index (χ1) is 15.5. The second-order valence-corrected chi connectivity index (χ2v) is 8.27. The lowest BCUT2D eigenvalue weighted by molar-refractivity contribution is -0.123. The van der Waals surface area contributed by atoms with Crippen LogP contribution in [0.5, 0.6) is 0 Å². The highest BCUT2D eigenvalue weighted by Gasteiger charge is 2.31. The molecule has 2 aromatic heterocycles. The van der Waals surface area contributed by atoms with Gasteiger partial charge in [0.15, 0.2) is 0 Å². The predicted octanol–water partition coefficient (Wildman–Crippen LogP) is 4.67. The number of nitrogens with zero attached hydrogens (tertiary/aromatic N) is 2. The number of nitrogens with one attached hydrogen (secondary N) is 2. The van der Waals surface area contributed by atoms with Crippen molar-refractivity contribution in [2.75, 3.05) is 11.9 Å². The van der Waals surface area contributed by atoms with Gasteiger partial charge in [-0.15, -0.1) is 0 Å². The van der Waals surface area contributed by atoms with Crippen molar-refractivity contribution in [3.63, 3.8) is 0 Å². The van der Waals surface area contributed by atoms with Gasteiger partial charge < -0.3 is 10.6 Å². The van der Waals surface area contributed by atoms with Crippen LogP contribution in [0.1, 0.15) is 33.6 Å². The monoisotopic (exact) mass is 498 g/mol. The molecule has 12 heteroatoms. The first-order valence-corrected chi connectivity index (χ1v) is 10.5. The number of rotatable bonds is 5. The van der Waals surface area contributed by atoms with Crippen molar-refractivity contribution < 1.29 is 27.6 Å². The number of benzene rings is 1. The van der Waals surface area contributed by atoms with Gasteiger partial charge in [0.05, 0.1) is 21.1 Å². The summed E-state index contributed by atoms with van der Waals surface area (Å²) in [6.07, 6.45) is -0.0461. The van der Waals surface area contributed by atoms with Crippen LogP contribution in [0, 0.1) is 5.92 Å². The fraction of sp³-hybridized carbons (Fsp3) is 0.238. The molecule has 3 aromatic rings. The number of alkyl halides is 3. The second kappa shape index (κ2) is 8.68. The van der Waals surface area contributed by atoms with Crippen molar-refractivity contribution in [2.24, 2.45) is 5.92 Å². The summed E-state index contributed by atoms with van der Waals surface area (Å²) in [6.45, 7) is -1.52. The lowest BCUT2D eigenvalue weighted by Crippen LogP contribution is -2.33. The molecule has 1 aliphatic carbocycles. The summed E-state index contributed by atoms with van der Waals surface area (Å²) in [6, 6.07) is 5.31. The third kappa shape index (κ3) is 4.96. The molecule has 0 aliphatic heterocycles. The van der Waals surface area contributed by atoms with Crippen molar-refractivity contribution >= 4 is 57.6 Å². The molecule has 1 fully saturated rings. The highest BCUT2D eigenvalue weighted by atomic mass is 35.5. The zero-order valence-electron chi connectivity index (χ0n) is 16.7. The average Bonchev–Trinajstić information content (AvgIpc) is 3.50. The van der Waals surface area contributed by atoms with Crippen LogP contribution in [0.2, 0.25) is 10.0 Å². The fourth-order valence-corrected chi connectivity index (χ4v) is 3.87. The summed E-state index contributed by atoms with van der Waals surface area (Å²) in [7, 11) is 0. The molecular weight excluding hydrogens is 484 g/mol. The Balaban J connectivity index is 1.63. The molecule has 2 amide bonds. The van der Waals surface area contributed by atoms with E-state index in [1.807, 2.05) is 0 Å². The summed E-state index contributed by atoms with van der Waals surface area (Å²) in [5.74, 6) is -1.53. The minimum absolute atomic E-state index is 0.0322. The van der Waals surface area contributed by atoms with Crippen molar-refractivity contribution in [2.45, 2.75) is 19.0 Å². The molecule has 2 heterocycles. The zero-order chi connectivity index (χ0) is 23.9. The van der Waals surface area contributed by atoms with Crippen LogP contribution in [0.15, 0.2) is 36.7 Å². The molecule has 1 saturated carbocycles. The van der Waals surface area contributed by atoms with Gasteiger partial charge in [-0.05, 0) is 37.1 Å². The van der Waals surface area contributed by atoms with Crippen LogP contribution >= 0.6 is 23.2 Å². The summed E-state index contributed by atoms with van der Waals surface area (Å²) in [4.78, 5) is 41.5. The number of halogens is 5. The van der Waals surface area contributed by atoms with Crippen molar-refractivity contribution in [1.29, 1.82) is 0 Å². The molecule has 1 aromatic carbocycles. The lowest BCUT2D eigenvalue weighted by Gasteiger charge is -2.12. The zero-order valence-corrected chi connectivity index (χ0v) is 18.2. The van der Waals surface area contributed by atoms with Gasteiger partial charge in [0.1, 0.15) is 12.4 Å². The quantitative estimate of drug-likeness (QED) is 0.534. The molecule has 0 radical (unpaired) electrons. The third-order valence-corrected chi connectivity index (χ3v) is 5.59. The number of carbonyl (C=O) groups excluding carboxylic acids is 3. The Hall–Kier alpha value is -3.11. The number of pyridine rings is 1. The van der Waals surface area contributed by atoms with E-state index in [4.69, 9.17) is 23.2 Å². The molecular formula is C21H15Cl2F3N4O3. The van der Waals surface area contributed by atoms with Crippen LogP contribution in [0.25, 0.3) is 10.9 Å². The topological polar surface area (TPSA) is 93.1 Å². The molecule has 4 rings (SSSR count).